The molecule has 0 fully saturated rings. The first-order valence-corrected chi connectivity index (χ1v) is 4.20. The molecule has 0 spiro atoms. The van der Waals surface area contributed by atoms with Gasteiger partial charge < -0.3 is 0 Å². The molecule has 0 radical (unpaired) electrons. The predicted octanol–water partition coefficient (Wildman–Crippen LogP) is 0.333. The summed E-state index contributed by atoms with van der Waals surface area (Å²) in [4.78, 5) is 0. The Morgan fingerprint density at radius 1 is 1.71 bits per heavy atom. The second-order valence-electron chi connectivity index (χ2n) is 1.37. The van der Waals surface area contributed by atoms with Gasteiger partial charge in [-0.2, -0.15) is 0 Å². The van der Waals surface area contributed by atoms with Crippen LogP contribution in [0.1, 0.15) is 0 Å². The largest absolute Gasteiger partial charge is 0.237 e. The molecule has 0 aromatic rings. The Morgan fingerprint density at radius 3 is 1.86 bits per heavy atom. The lowest BCUT2D eigenvalue weighted by atomic mass is 11.3. The zero-order valence-electron chi connectivity index (χ0n) is 4.35. The minimum absolute atomic E-state index is 1.37. The molecule has 0 aliphatic rings. The third kappa shape index (κ3) is 2.91. The Kier molecular flexibility index (Phi) is 2.10. The van der Waals surface area contributed by atoms with E-state index >= 15 is 0 Å². The molecule has 1 atom stereocenters. The normalized spacial score (nSPS) is 19.4. The van der Waals surface area contributed by atoms with E-state index in [1.807, 2.05) is 0 Å². The van der Waals surface area contributed by atoms with Crippen molar-refractivity contribution >= 4 is 25.5 Å². The second kappa shape index (κ2) is 2.03. The summed E-state index contributed by atoms with van der Waals surface area (Å²) in [6, 6.07) is 0. The molecule has 0 aliphatic heterocycles. The maximum atomic E-state index is 10.5. The van der Waals surface area contributed by atoms with Crippen molar-refractivity contribution in [3.8, 4) is 0 Å². The van der Waals surface area contributed by atoms with E-state index in [2.05, 4.69) is 5.87 Å². The standard InChI is InChI=1S/C3H8ClNOS/c1-5(2)7(3,4)6/h3H2,1-2H3. The zero-order chi connectivity index (χ0) is 6.08. The van der Waals surface area contributed by atoms with Crippen molar-refractivity contribution in [3.05, 3.63) is 0 Å². The fourth-order valence-electron chi connectivity index (χ4n) is 0. The molecule has 0 aromatic carbocycles. The summed E-state index contributed by atoms with van der Waals surface area (Å²) < 4.78 is 11.8. The molecule has 1 unspecified atom stereocenters. The second-order valence-corrected chi connectivity index (χ2v) is 4.68. The van der Waals surface area contributed by atoms with Gasteiger partial charge in [0.2, 0.25) is 0 Å². The van der Waals surface area contributed by atoms with Crippen LogP contribution in [-0.2, 0) is 8.92 Å². The Morgan fingerprint density at radius 2 is 1.86 bits per heavy atom. The molecule has 0 heterocycles. The average molecular weight is 142 g/mol. The highest BCUT2D eigenvalue weighted by molar-refractivity contribution is 8.19. The highest BCUT2D eigenvalue weighted by atomic mass is 35.7. The quantitative estimate of drug-likeness (QED) is 0.381. The summed E-state index contributed by atoms with van der Waals surface area (Å²) >= 11 is 0. The van der Waals surface area contributed by atoms with Gasteiger partial charge in [-0.3, -0.25) is 0 Å². The van der Waals surface area contributed by atoms with E-state index in [0.29, 0.717) is 0 Å². The summed E-state index contributed by atoms with van der Waals surface area (Å²) in [5, 5.41) is 0. The van der Waals surface area contributed by atoms with Gasteiger partial charge in [0.1, 0.15) is 8.92 Å². The summed E-state index contributed by atoms with van der Waals surface area (Å²) in [5.74, 6) is 3.19. The van der Waals surface area contributed by atoms with Gasteiger partial charge in [0, 0.05) is 0 Å². The molecular formula is C3H8ClNOS. The number of hydrogen-bond donors (Lipinski definition) is 0. The number of halogens is 1. The smallest absolute Gasteiger partial charge is 0.109 e. The highest BCUT2D eigenvalue weighted by Crippen LogP contribution is 1.96. The topological polar surface area (TPSA) is 20.3 Å². The van der Waals surface area contributed by atoms with Gasteiger partial charge in [-0.25, -0.2) is 8.51 Å². The average Bonchev–Trinajstić information content (AvgIpc) is 1.31. The Bertz CT molecular complexity index is 137. The van der Waals surface area contributed by atoms with Crippen LogP contribution in [0.25, 0.3) is 0 Å². The van der Waals surface area contributed by atoms with Gasteiger partial charge >= 0.3 is 0 Å². The van der Waals surface area contributed by atoms with Crippen molar-refractivity contribution in [2.45, 2.75) is 0 Å². The first kappa shape index (κ1) is 7.27. The first-order valence-electron chi connectivity index (χ1n) is 1.69. The SMILES string of the molecule is C=S(=O)(Cl)N(C)C. The van der Waals surface area contributed by atoms with E-state index in [9.17, 15) is 4.21 Å². The van der Waals surface area contributed by atoms with Gasteiger partial charge in [0.05, 0.1) is 0 Å². The number of nitrogens with zero attached hydrogens (tertiary/aromatic N) is 1. The molecule has 0 rings (SSSR count). The molecule has 7 heavy (non-hydrogen) atoms. The minimum atomic E-state index is -2.44. The van der Waals surface area contributed by atoms with Gasteiger partial charge in [-0.15, -0.1) is 0 Å². The summed E-state index contributed by atoms with van der Waals surface area (Å²) in [7, 11) is 6.00. The van der Waals surface area contributed by atoms with Crippen LogP contribution in [0.2, 0.25) is 0 Å². The van der Waals surface area contributed by atoms with Crippen molar-refractivity contribution in [2.75, 3.05) is 14.1 Å². The van der Waals surface area contributed by atoms with Crippen LogP contribution in [0.15, 0.2) is 0 Å². The van der Waals surface area contributed by atoms with E-state index in [4.69, 9.17) is 10.7 Å². The zero-order valence-corrected chi connectivity index (χ0v) is 5.92. The molecular weight excluding hydrogens is 134 g/mol. The van der Waals surface area contributed by atoms with E-state index in [-0.39, 0.29) is 0 Å². The Hall–Kier alpha value is 0.270. The lowest BCUT2D eigenvalue weighted by Crippen LogP contribution is -2.15. The lowest BCUT2D eigenvalue weighted by molar-refractivity contribution is 0.613. The van der Waals surface area contributed by atoms with Crippen LogP contribution < -0.4 is 0 Å². The summed E-state index contributed by atoms with van der Waals surface area (Å²) in [6.45, 7) is 0. The van der Waals surface area contributed by atoms with Gasteiger partial charge in [0.15, 0.2) is 0 Å². The van der Waals surface area contributed by atoms with Gasteiger partial charge in [-0.1, -0.05) is 0 Å². The fourth-order valence-corrected chi connectivity index (χ4v) is 0. The Labute approximate surface area is 48.7 Å². The van der Waals surface area contributed by atoms with E-state index in [1.165, 1.54) is 4.31 Å². The van der Waals surface area contributed by atoms with Crippen molar-refractivity contribution in [3.63, 3.8) is 0 Å². The summed E-state index contributed by atoms with van der Waals surface area (Å²) in [6.07, 6.45) is 0. The maximum Gasteiger partial charge on any atom is 0.109 e. The van der Waals surface area contributed by atoms with Crippen LogP contribution in [0, 0.1) is 0 Å². The van der Waals surface area contributed by atoms with Crippen molar-refractivity contribution < 1.29 is 4.21 Å². The summed E-state index contributed by atoms with van der Waals surface area (Å²) in [5.41, 5.74) is 0. The molecule has 0 N–H and O–H groups in total. The minimum Gasteiger partial charge on any atom is -0.237 e. The van der Waals surface area contributed by atoms with Gasteiger partial charge in [-0.05, 0) is 30.6 Å². The van der Waals surface area contributed by atoms with Crippen LogP contribution in [0.4, 0.5) is 0 Å². The van der Waals surface area contributed by atoms with Crippen molar-refractivity contribution in [1.82, 2.24) is 4.31 Å². The predicted molar refractivity (Wildman–Crippen MR) is 34.8 cm³/mol. The van der Waals surface area contributed by atoms with Crippen LogP contribution in [0.5, 0.6) is 0 Å². The molecule has 0 saturated heterocycles. The molecule has 4 heteroatoms. The maximum absolute atomic E-state index is 10.5. The molecule has 0 aromatic heterocycles. The molecule has 2 nitrogen and oxygen atoms in total. The highest BCUT2D eigenvalue weighted by Gasteiger charge is 1.96. The van der Waals surface area contributed by atoms with Crippen LogP contribution in [0.3, 0.4) is 0 Å². The van der Waals surface area contributed by atoms with Crippen LogP contribution in [-0.4, -0.2) is 28.5 Å². The lowest BCUT2D eigenvalue weighted by Gasteiger charge is -2.06. The van der Waals surface area contributed by atoms with Crippen molar-refractivity contribution in [2.24, 2.45) is 0 Å². The third-order valence-electron chi connectivity index (χ3n) is 0.545. The van der Waals surface area contributed by atoms with E-state index in [1.54, 1.807) is 14.1 Å². The monoisotopic (exact) mass is 141 g/mol. The van der Waals surface area contributed by atoms with Crippen molar-refractivity contribution in [1.29, 1.82) is 0 Å². The van der Waals surface area contributed by atoms with Gasteiger partial charge in [0.25, 0.3) is 0 Å². The van der Waals surface area contributed by atoms with Crippen LogP contribution >= 0.6 is 10.7 Å². The molecule has 0 saturated carbocycles. The first-order chi connectivity index (χ1) is 2.94. The number of rotatable bonds is 1. The molecule has 44 valence electrons. The van der Waals surface area contributed by atoms with E-state index in [0.717, 1.165) is 0 Å². The number of hydrogen-bond acceptors (Lipinski definition) is 1. The molecule has 0 amide bonds. The molecule has 0 aliphatic carbocycles. The fraction of sp³-hybridized carbons (Fsp3) is 0.667. The third-order valence-corrected chi connectivity index (χ3v) is 2.46. The van der Waals surface area contributed by atoms with E-state index < -0.39 is 8.92 Å². The Balaban J connectivity index is 4.10. The molecule has 0 bridgehead atoms.